The molecule has 3 aliphatic rings. The van der Waals surface area contributed by atoms with Crippen LogP contribution in [-0.2, 0) is 35.1 Å². The van der Waals surface area contributed by atoms with Gasteiger partial charge in [-0.3, -0.25) is 29.0 Å². The van der Waals surface area contributed by atoms with E-state index in [1.54, 1.807) is 6.20 Å². The van der Waals surface area contributed by atoms with Crippen LogP contribution in [0.1, 0.15) is 74.0 Å². The summed E-state index contributed by atoms with van der Waals surface area (Å²) >= 11 is 0. The first-order valence-electron chi connectivity index (χ1n) is 21.2. The lowest BCUT2D eigenvalue weighted by atomic mass is 9.98. The van der Waals surface area contributed by atoms with Crippen molar-refractivity contribution in [2.75, 3.05) is 19.7 Å². The molecular formula is C45H54N10O7. The maximum atomic E-state index is 14.5. The number of aliphatic imine (C=N–C) groups is 1. The van der Waals surface area contributed by atoms with E-state index in [4.69, 9.17) is 21.9 Å². The van der Waals surface area contributed by atoms with E-state index >= 15 is 0 Å². The molecule has 11 N–H and O–H groups in total. The van der Waals surface area contributed by atoms with E-state index in [-0.39, 0.29) is 57.3 Å². The summed E-state index contributed by atoms with van der Waals surface area (Å²) in [6.45, 7) is 0.456. The van der Waals surface area contributed by atoms with Gasteiger partial charge in [0.1, 0.15) is 36.8 Å². The number of alkyl carbamates (subject to hydrolysis) is 1. The molecule has 2 aliphatic heterocycles. The number of nitrogens with zero attached hydrogens (tertiary/aromatic N) is 2. The Morgan fingerprint density at radius 2 is 1.44 bits per heavy atom. The third-order valence-electron chi connectivity index (χ3n) is 12.0. The number of H-pyrrole nitrogens is 1. The van der Waals surface area contributed by atoms with Gasteiger partial charge in [-0.15, -0.1) is 0 Å². The van der Waals surface area contributed by atoms with Crippen LogP contribution in [0.3, 0.4) is 0 Å². The maximum Gasteiger partial charge on any atom is 0.407 e. The highest BCUT2D eigenvalue weighted by molar-refractivity contribution is 5.97. The molecule has 0 saturated carbocycles. The van der Waals surface area contributed by atoms with Gasteiger partial charge in [0.15, 0.2) is 5.96 Å². The number of aromatic nitrogens is 1. The molecule has 5 atom stereocenters. The largest absolute Gasteiger partial charge is 0.449 e. The fraction of sp³-hybridized carbons (Fsp3) is 0.400. The van der Waals surface area contributed by atoms with Crippen molar-refractivity contribution in [1.29, 1.82) is 0 Å². The molecule has 0 radical (unpaired) electrons. The van der Waals surface area contributed by atoms with Gasteiger partial charge in [0.2, 0.25) is 29.5 Å². The Morgan fingerprint density at radius 3 is 2.16 bits per heavy atom. The molecule has 3 heterocycles. The number of nitrogens with one attached hydrogen (secondary N) is 5. The molecule has 6 amide bonds. The number of nitrogens with two attached hydrogens (primary N) is 3. The molecule has 17 heteroatoms. The molecule has 0 unspecified atom stereocenters. The molecule has 3 aromatic carbocycles. The number of hydrogen-bond donors (Lipinski definition) is 8. The molecule has 2 saturated heterocycles. The number of benzene rings is 3. The number of carbonyl (C=O) groups excluding carboxylic acids is 6. The van der Waals surface area contributed by atoms with E-state index in [1.165, 1.54) is 4.90 Å². The molecule has 326 valence electrons. The van der Waals surface area contributed by atoms with Crippen LogP contribution in [0, 0.1) is 0 Å². The minimum absolute atomic E-state index is 0.0324. The summed E-state index contributed by atoms with van der Waals surface area (Å²) in [4.78, 5) is 91.8. The number of para-hydroxylation sites is 1. The molecule has 1 aliphatic carbocycles. The van der Waals surface area contributed by atoms with Crippen molar-refractivity contribution in [3.63, 3.8) is 0 Å². The Kier molecular flexibility index (Phi) is 13.7. The predicted octanol–water partition coefficient (Wildman–Crippen LogP) is 2.18. The zero-order chi connectivity index (χ0) is 43.8. The molecule has 17 nitrogen and oxygen atoms in total. The summed E-state index contributed by atoms with van der Waals surface area (Å²) in [6, 6.07) is 18.0. The summed E-state index contributed by atoms with van der Waals surface area (Å²) in [5, 5.41) is 12.0. The normalized spacial score (nSPS) is 22.3. The van der Waals surface area contributed by atoms with Crippen molar-refractivity contribution in [2.24, 2.45) is 22.2 Å². The van der Waals surface area contributed by atoms with E-state index in [9.17, 15) is 28.8 Å². The van der Waals surface area contributed by atoms with Crippen LogP contribution >= 0.6 is 0 Å². The highest BCUT2D eigenvalue weighted by Gasteiger charge is 2.40. The van der Waals surface area contributed by atoms with Crippen LogP contribution in [0.15, 0.2) is 84.0 Å². The number of ether oxygens (including phenoxy) is 1. The van der Waals surface area contributed by atoms with Crippen molar-refractivity contribution < 1.29 is 33.5 Å². The third kappa shape index (κ3) is 9.99. The van der Waals surface area contributed by atoms with Crippen molar-refractivity contribution in [1.82, 2.24) is 31.2 Å². The summed E-state index contributed by atoms with van der Waals surface area (Å²) in [7, 11) is 0. The lowest BCUT2D eigenvalue weighted by Crippen LogP contribution is -2.59. The standard InChI is InChI=1S/C45H54N10O7/c46-39(56)34-17-7-8-18-36(54-45(61)62-25-32-30-14-3-1-12-28(30)29-13-2-4-15-31(29)32)43(60)55-22-10-20-38(55)42(59)53-37(23-26-24-50-33-16-6-5-11-27(26)33)41(58)52-35(40(57)51-34)19-9-21-49-44(47)48/h1-6,11-16,24,32,34-38,50H,7-10,17-23,25H2,(H2,46,56)(H,51,57)(H,52,58)(H,53,59)(H,54,61)(H4,47,48,49)/t34-,35-,36-,37-,38+/m0/s1. The van der Waals surface area contributed by atoms with Crippen molar-refractivity contribution in [2.45, 2.75) is 93.9 Å². The topological polar surface area (TPSA) is 269 Å². The second kappa shape index (κ2) is 19.6. The van der Waals surface area contributed by atoms with E-state index in [0.717, 1.165) is 38.7 Å². The molecule has 1 aromatic heterocycles. The Morgan fingerprint density at radius 1 is 0.774 bits per heavy atom. The first kappa shape index (κ1) is 43.2. The number of fused-ring (bicyclic) bond motifs is 5. The second-order valence-corrected chi connectivity index (χ2v) is 16.1. The van der Waals surface area contributed by atoms with Crippen LogP contribution < -0.4 is 38.5 Å². The van der Waals surface area contributed by atoms with Gasteiger partial charge in [0.25, 0.3) is 0 Å². The number of rotatable bonds is 10. The van der Waals surface area contributed by atoms with E-state index in [2.05, 4.69) is 31.2 Å². The predicted molar refractivity (Wildman–Crippen MR) is 232 cm³/mol. The van der Waals surface area contributed by atoms with Gasteiger partial charge in [-0.25, -0.2) is 4.79 Å². The Labute approximate surface area is 358 Å². The van der Waals surface area contributed by atoms with Gasteiger partial charge < -0.3 is 53.1 Å². The number of guanidine groups is 1. The van der Waals surface area contributed by atoms with E-state index < -0.39 is 65.8 Å². The molecule has 62 heavy (non-hydrogen) atoms. The quantitative estimate of drug-likeness (QED) is 0.0660. The average Bonchev–Trinajstić information content (AvgIpc) is 4.00. The van der Waals surface area contributed by atoms with Crippen LogP contribution in [0.2, 0.25) is 0 Å². The van der Waals surface area contributed by atoms with Gasteiger partial charge in [-0.1, -0.05) is 79.6 Å². The number of primary amides is 1. The van der Waals surface area contributed by atoms with Crippen LogP contribution in [-0.4, -0.2) is 101 Å². The van der Waals surface area contributed by atoms with Gasteiger partial charge in [-0.2, -0.15) is 0 Å². The molecule has 0 spiro atoms. The minimum Gasteiger partial charge on any atom is -0.449 e. The lowest BCUT2D eigenvalue weighted by molar-refractivity contribution is -0.141. The van der Waals surface area contributed by atoms with E-state index in [0.29, 0.717) is 32.1 Å². The fourth-order valence-corrected chi connectivity index (χ4v) is 8.84. The van der Waals surface area contributed by atoms with Gasteiger partial charge in [0.05, 0.1) is 0 Å². The van der Waals surface area contributed by atoms with Crippen LogP contribution in [0.25, 0.3) is 22.0 Å². The fourth-order valence-electron chi connectivity index (χ4n) is 8.84. The SMILES string of the molecule is NC(=O)[C@@H]1CCCC[C@H](NC(=O)OCC2c3ccccc3-c3ccccc32)C(=O)N2CCC[C@@H]2C(=O)N[C@@H](Cc2c[nH]c3ccccc23)C(=O)N[C@@H](CCCN=C(N)N)C(=O)N1. The number of carbonyl (C=O) groups is 6. The molecular weight excluding hydrogens is 793 g/mol. The van der Waals surface area contributed by atoms with Crippen molar-refractivity contribution >= 4 is 52.5 Å². The smallest absolute Gasteiger partial charge is 0.407 e. The summed E-state index contributed by atoms with van der Waals surface area (Å²) < 4.78 is 5.82. The highest BCUT2D eigenvalue weighted by atomic mass is 16.5. The minimum atomic E-state index is -1.19. The van der Waals surface area contributed by atoms with Gasteiger partial charge in [0, 0.05) is 42.5 Å². The zero-order valence-corrected chi connectivity index (χ0v) is 34.4. The number of aromatic amines is 1. The Hall–Kier alpha value is -6.91. The number of hydrogen-bond acceptors (Lipinski definition) is 8. The van der Waals surface area contributed by atoms with Crippen molar-refractivity contribution in [3.8, 4) is 11.1 Å². The van der Waals surface area contributed by atoms with Crippen LogP contribution in [0.4, 0.5) is 4.79 Å². The van der Waals surface area contributed by atoms with Crippen molar-refractivity contribution in [3.05, 3.63) is 95.7 Å². The maximum absolute atomic E-state index is 14.5. The van der Waals surface area contributed by atoms with Gasteiger partial charge >= 0.3 is 6.09 Å². The number of amides is 6. The first-order chi connectivity index (χ1) is 30.0. The molecule has 2 fully saturated rings. The monoisotopic (exact) mass is 846 g/mol. The third-order valence-corrected chi connectivity index (χ3v) is 12.0. The summed E-state index contributed by atoms with van der Waals surface area (Å²) in [5.41, 5.74) is 22.6. The zero-order valence-electron chi connectivity index (χ0n) is 34.4. The van der Waals surface area contributed by atoms with Gasteiger partial charge in [-0.05, 0) is 72.4 Å². The highest BCUT2D eigenvalue weighted by Crippen LogP contribution is 2.44. The lowest BCUT2D eigenvalue weighted by Gasteiger charge is -2.30. The first-order valence-corrected chi connectivity index (χ1v) is 21.2. The molecule has 0 bridgehead atoms. The Balaban J connectivity index is 1.13. The van der Waals surface area contributed by atoms with E-state index in [1.807, 2.05) is 72.8 Å². The Bertz CT molecular complexity index is 2300. The summed E-state index contributed by atoms with van der Waals surface area (Å²) in [6.07, 6.45) is 3.19. The molecule has 4 aromatic rings. The average molecular weight is 847 g/mol. The second-order valence-electron chi connectivity index (χ2n) is 16.1. The molecule has 7 rings (SSSR count). The van der Waals surface area contributed by atoms with Crippen LogP contribution in [0.5, 0.6) is 0 Å². The summed E-state index contributed by atoms with van der Waals surface area (Å²) in [5.74, 6) is -3.45.